The number of nitrogens with two attached hydrogens (primary N) is 1. The number of aromatic nitrogens is 1. The fourth-order valence-electron chi connectivity index (χ4n) is 1.75. The summed E-state index contributed by atoms with van der Waals surface area (Å²) in [6.45, 7) is 5.54. The molecule has 0 saturated carbocycles. The van der Waals surface area contributed by atoms with Crippen molar-refractivity contribution in [2.45, 2.75) is 32.4 Å². The molecule has 4 nitrogen and oxygen atoms in total. The van der Waals surface area contributed by atoms with Gasteiger partial charge in [0, 0.05) is 0 Å². The van der Waals surface area contributed by atoms with Crippen molar-refractivity contribution >= 4 is 27.5 Å². The largest absolute Gasteiger partial charge is 0.368 e. The van der Waals surface area contributed by atoms with E-state index in [4.69, 9.17) is 5.73 Å². The molecule has 0 spiro atoms. The normalized spacial score (nSPS) is 13.7. The number of amides is 1. The zero-order valence-corrected chi connectivity index (χ0v) is 11.5. The second kappa shape index (κ2) is 4.66. The van der Waals surface area contributed by atoms with E-state index >= 15 is 0 Å². The summed E-state index contributed by atoms with van der Waals surface area (Å²) in [5.41, 5.74) is 5.60. The summed E-state index contributed by atoms with van der Waals surface area (Å²) >= 11 is 1.63. The molecule has 0 bridgehead atoms. The number of hydrogen-bond acceptors (Lipinski definition) is 4. The van der Waals surface area contributed by atoms with E-state index in [0.717, 1.165) is 15.2 Å². The quantitative estimate of drug-likeness (QED) is 0.888. The van der Waals surface area contributed by atoms with Crippen LogP contribution in [0, 0.1) is 0 Å². The van der Waals surface area contributed by atoms with Crippen LogP contribution in [0.3, 0.4) is 0 Å². The molecule has 1 unspecified atom stereocenters. The molecule has 0 radical (unpaired) electrons. The lowest BCUT2D eigenvalue weighted by Gasteiger charge is -2.25. The number of fused-ring (bicyclic) bond motifs is 1. The third kappa shape index (κ3) is 2.52. The lowest BCUT2D eigenvalue weighted by molar-refractivity contribution is -0.123. The molecule has 18 heavy (non-hydrogen) atoms. The highest BCUT2D eigenvalue weighted by atomic mass is 32.1. The number of rotatable bonds is 4. The molecule has 0 aliphatic heterocycles. The van der Waals surface area contributed by atoms with Gasteiger partial charge in [-0.05, 0) is 32.9 Å². The Balaban J connectivity index is 2.23. The van der Waals surface area contributed by atoms with Gasteiger partial charge < -0.3 is 5.73 Å². The maximum atomic E-state index is 11.3. The van der Waals surface area contributed by atoms with Gasteiger partial charge in [-0.2, -0.15) is 0 Å². The molecule has 3 N–H and O–H groups in total. The van der Waals surface area contributed by atoms with E-state index in [2.05, 4.69) is 10.3 Å². The van der Waals surface area contributed by atoms with Crippen LogP contribution >= 0.6 is 11.3 Å². The molecule has 5 heteroatoms. The summed E-state index contributed by atoms with van der Waals surface area (Å²) < 4.78 is 1.15. The third-order valence-electron chi connectivity index (χ3n) is 2.87. The van der Waals surface area contributed by atoms with Crippen LogP contribution in [-0.4, -0.2) is 16.4 Å². The Labute approximate surface area is 110 Å². The van der Waals surface area contributed by atoms with Gasteiger partial charge in [-0.1, -0.05) is 12.1 Å². The number of benzene rings is 1. The van der Waals surface area contributed by atoms with Crippen LogP contribution < -0.4 is 11.1 Å². The number of hydrogen-bond donors (Lipinski definition) is 2. The predicted molar refractivity (Wildman–Crippen MR) is 74.4 cm³/mol. The molecule has 0 aliphatic carbocycles. The van der Waals surface area contributed by atoms with E-state index in [1.165, 1.54) is 0 Å². The number of primary amides is 1. The van der Waals surface area contributed by atoms with E-state index in [9.17, 15) is 4.79 Å². The average Bonchev–Trinajstić information content (AvgIpc) is 2.71. The van der Waals surface area contributed by atoms with Crippen LogP contribution in [0.25, 0.3) is 10.2 Å². The summed E-state index contributed by atoms with van der Waals surface area (Å²) in [5, 5.41) is 4.17. The van der Waals surface area contributed by atoms with Gasteiger partial charge in [-0.25, -0.2) is 4.98 Å². The second-order valence-electron chi connectivity index (χ2n) is 4.88. The summed E-state index contributed by atoms with van der Waals surface area (Å²) in [6.07, 6.45) is 0. The maximum Gasteiger partial charge on any atom is 0.237 e. The minimum atomic E-state index is -0.739. The smallest absolute Gasteiger partial charge is 0.237 e. The van der Waals surface area contributed by atoms with Crippen molar-refractivity contribution in [3.63, 3.8) is 0 Å². The Morgan fingerprint density at radius 3 is 2.72 bits per heavy atom. The van der Waals surface area contributed by atoms with Gasteiger partial charge in [0.2, 0.25) is 5.91 Å². The van der Waals surface area contributed by atoms with Gasteiger partial charge in [-0.3, -0.25) is 10.1 Å². The van der Waals surface area contributed by atoms with Crippen molar-refractivity contribution in [3.05, 3.63) is 29.3 Å². The topological polar surface area (TPSA) is 68.0 Å². The van der Waals surface area contributed by atoms with E-state index in [0.29, 0.717) is 0 Å². The minimum absolute atomic E-state index is 0.00935. The molecule has 0 aliphatic rings. The van der Waals surface area contributed by atoms with Crippen LogP contribution in [0.2, 0.25) is 0 Å². The summed E-state index contributed by atoms with van der Waals surface area (Å²) in [5.74, 6) is -0.365. The molecule has 96 valence electrons. The van der Waals surface area contributed by atoms with Crippen LogP contribution in [-0.2, 0) is 4.79 Å². The molecule has 1 heterocycles. The van der Waals surface area contributed by atoms with E-state index in [1.807, 2.05) is 31.2 Å². The molecule has 1 aromatic carbocycles. The number of carbonyl (C=O) groups is 1. The highest BCUT2D eigenvalue weighted by Crippen LogP contribution is 2.27. The summed E-state index contributed by atoms with van der Waals surface area (Å²) in [4.78, 5) is 15.9. The molecular weight excluding hydrogens is 246 g/mol. The van der Waals surface area contributed by atoms with E-state index in [-0.39, 0.29) is 11.9 Å². The number of nitrogens with zero attached hydrogens (tertiary/aromatic N) is 1. The van der Waals surface area contributed by atoms with Gasteiger partial charge in [0.25, 0.3) is 0 Å². The lowest BCUT2D eigenvalue weighted by Crippen LogP contribution is -2.51. The molecular formula is C13H17N3OS. The lowest BCUT2D eigenvalue weighted by atomic mass is 10.0. The van der Waals surface area contributed by atoms with Crippen molar-refractivity contribution in [2.24, 2.45) is 5.73 Å². The first-order valence-electron chi connectivity index (χ1n) is 5.83. The molecule has 1 amide bonds. The van der Waals surface area contributed by atoms with Crippen LogP contribution in [0.1, 0.15) is 31.8 Å². The van der Waals surface area contributed by atoms with Crippen molar-refractivity contribution in [2.75, 3.05) is 0 Å². The Morgan fingerprint density at radius 1 is 1.44 bits per heavy atom. The SMILES string of the molecule is CC(NC(C)(C)C(N)=O)c1nc2ccccc2s1. The summed E-state index contributed by atoms with van der Waals surface area (Å²) in [6, 6.07) is 7.99. The van der Waals surface area contributed by atoms with Gasteiger partial charge in [0.05, 0.1) is 21.8 Å². The van der Waals surface area contributed by atoms with Crippen molar-refractivity contribution in [3.8, 4) is 0 Å². The predicted octanol–water partition coefficient (Wildman–Crippen LogP) is 2.21. The zero-order valence-electron chi connectivity index (χ0n) is 10.7. The van der Waals surface area contributed by atoms with Gasteiger partial charge in [0.15, 0.2) is 0 Å². The number of thiazole rings is 1. The fourth-order valence-corrected chi connectivity index (χ4v) is 2.72. The average molecular weight is 263 g/mol. The highest BCUT2D eigenvalue weighted by Gasteiger charge is 2.27. The third-order valence-corrected chi connectivity index (χ3v) is 4.09. The van der Waals surface area contributed by atoms with Crippen molar-refractivity contribution in [1.29, 1.82) is 0 Å². The molecule has 0 saturated heterocycles. The maximum absolute atomic E-state index is 11.3. The first-order valence-corrected chi connectivity index (χ1v) is 6.65. The Kier molecular flexibility index (Phi) is 3.36. The van der Waals surface area contributed by atoms with Crippen LogP contribution in [0.15, 0.2) is 24.3 Å². The molecule has 2 rings (SSSR count). The highest BCUT2D eigenvalue weighted by molar-refractivity contribution is 7.18. The van der Waals surface area contributed by atoms with Crippen molar-refractivity contribution < 1.29 is 4.79 Å². The van der Waals surface area contributed by atoms with Crippen LogP contribution in [0.5, 0.6) is 0 Å². The fraction of sp³-hybridized carbons (Fsp3) is 0.385. The Morgan fingerprint density at radius 2 is 2.11 bits per heavy atom. The summed E-state index contributed by atoms with van der Waals surface area (Å²) in [7, 11) is 0. The van der Waals surface area contributed by atoms with Crippen LogP contribution in [0.4, 0.5) is 0 Å². The first kappa shape index (κ1) is 13.0. The Hall–Kier alpha value is -1.46. The standard InChI is InChI=1S/C13H17N3OS/c1-8(16-13(2,3)12(14)17)11-15-9-6-4-5-7-10(9)18-11/h4-8,16H,1-3H3,(H2,14,17). The van der Waals surface area contributed by atoms with Gasteiger partial charge in [-0.15, -0.1) is 11.3 Å². The second-order valence-corrected chi connectivity index (χ2v) is 5.94. The van der Waals surface area contributed by atoms with E-state index < -0.39 is 5.54 Å². The zero-order chi connectivity index (χ0) is 13.3. The minimum Gasteiger partial charge on any atom is -0.368 e. The number of carbonyl (C=O) groups excluding carboxylic acids is 1. The first-order chi connectivity index (χ1) is 8.40. The molecule has 0 fully saturated rings. The molecule has 1 atom stereocenters. The number of nitrogens with one attached hydrogen (secondary N) is 1. The monoisotopic (exact) mass is 263 g/mol. The molecule has 2 aromatic rings. The van der Waals surface area contributed by atoms with E-state index in [1.54, 1.807) is 25.2 Å². The van der Waals surface area contributed by atoms with Gasteiger partial charge >= 0.3 is 0 Å². The Bertz CT molecular complexity index is 543. The number of para-hydroxylation sites is 1. The van der Waals surface area contributed by atoms with Gasteiger partial charge in [0.1, 0.15) is 5.01 Å². The van der Waals surface area contributed by atoms with Crippen molar-refractivity contribution in [1.82, 2.24) is 10.3 Å². The molecule has 1 aromatic heterocycles.